The van der Waals surface area contributed by atoms with Crippen molar-refractivity contribution in [3.8, 4) is 0 Å². The Morgan fingerprint density at radius 2 is 2.00 bits per heavy atom. The van der Waals surface area contributed by atoms with E-state index in [9.17, 15) is 9.59 Å². The summed E-state index contributed by atoms with van der Waals surface area (Å²) in [5.41, 5.74) is 5.25. The first-order chi connectivity index (χ1) is 8.50. The molecule has 0 aromatic heterocycles. The molecule has 1 heterocycles. The zero-order chi connectivity index (χ0) is 13.8. The number of nitrogens with zero attached hydrogens (tertiary/aromatic N) is 1. The average Bonchev–Trinajstić information content (AvgIpc) is 2.41. The first-order valence-electron chi connectivity index (χ1n) is 6.73. The molecule has 1 amide bonds. The molecule has 1 aliphatic rings. The number of piperidine rings is 1. The summed E-state index contributed by atoms with van der Waals surface area (Å²) in [6.07, 6.45) is 2.82. The second-order valence-corrected chi connectivity index (χ2v) is 5.12. The predicted octanol–water partition coefficient (Wildman–Crippen LogP) is 1.07. The Bertz CT molecular complexity index is 305. The van der Waals surface area contributed by atoms with Crippen LogP contribution in [0.4, 0.5) is 0 Å². The van der Waals surface area contributed by atoms with Crippen molar-refractivity contribution < 1.29 is 14.7 Å². The molecule has 1 atom stereocenters. The topological polar surface area (TPSA) is 83.6 Å². The minimum absolute atomic E-state index is 0.0287. The molecule has 0 bridgehead atoms. The number of carboxylic acids is 1. The molecule has 0 aromatic carbocycles. The van der Waals surface area contributed by atoms with E-state index in [2.05, 4.69) is 0 Å². The maximum atomic E-state index is 12.5. The van der Waals surface area contributed by atoms with E-state index in [4.69, 9.17) is 10.8 Å². The Kier molecular flexibility index (Phi) is 5.14. The van der Waals surface area contributed by atoms with E-state index in [0.717, 1.165) is 6.42 Å². The summed E-state index contributed by atoms with van der Waals surface area (Å²) in [6, 6.07) is 0. The number of carbonyl (C=O) groups is 2. The third-order valence-corrected chi connectivity index (χ3v) is 4.26. The maximum absolute atomic E-state index is 12.5. The number of carboxylic acid groups (broad SMARTS) is 1. The van der Waals surface area contributed by atoms with Crippen LogP contribution in [0.25, 0.3) is 0 Å². The van der Waals surface area contributed by atoms with Gasteiger partial charge >= 0.3 is 5.97 Å². The van der Waals surface area contributed by atoms with Gasteiger partial charge in [0.1, 0.15) is 0 Å². The van der Waals surface area contributed by atoms with Gasteiger partial charge in [-0.1, -0.05) is 13.8 Å². The summed E-state index contributed by atoms with van der Waals surface area (Å²) < 4.78 is 0. The lowest BCUT2D eigenvalue weighted by Crippen LogP contribution is -2.51. The van der Waals surface area contributed by atoms with Gasteiger partial charge < -0.3 is 15.7 Å². The van der Waals surface area contributed by atoms with Gasteiger partial charge in [-0.2, -0.15) is 0 Å². The summed E-state index contributed by atoms with van der Waals surface area (Å²) >= 11 is 0. The van der Waals surface area contributed by atoms with Crippen LogP contribution in [-0.2, 0) is 9.59 Å². The molecule has 18 heavy (non-hydrogen) atoms. The van der Waals surface area contributed by atoms with Gasteiger partial charge in [0.2, 0.25) is 5.91 Å². The predicted molar refractivity (Wildman–Crippen MR) is 69.0 cm³/mol. The summed E-state index contributed by atoms with van der Waals surface area (Å²) in [7, 11) is 0. The Hall–Kier alpha value is -1.10. The number of amides is 1. The van der Waals surface area contributed by atoms with E-state index in [1.807, 2.05) is 13.8 Å². The summed E-state index contributed by atoms with van der Waals surface area (Å²) in [4.78, 5) is 25.2. The van der Waals surface area contributed by atoms with Crippen LogP contribution in [0.2, 0.25) is 0 Å². The Morgan fingerprint density at radius 3 is 2.44 bits per heavy atom. The van der Waals surface area contributed by atoms with Crippen LogP contribution >= 0.6 is 0 Å². The minimum atomic E-state index is -0.807. The van der Waals surface area contributed by atoms with Crippen LogP contribution in [0.1, 0.15) is 39.5 Å². The first-order valence-corrected chi connectivity index (χ1v) is 6.73. The lowest BCUT2D eigenvalue weighted by molar-refractivity contribution is -0.149. The molecule has 3 N–H and O–H groups in total. The second kappa shape index (κ2) is 6.18. The fourth-order valence-corrected chi connectivity index (χ4v) is 2.63. The molecular formula is C13H24N2O3. The van der Waals surface area contributed by atoms with E-state index in [-0.39, 0.29) is 5.91 Å². The summed E-state index contributed by atoms with van der Waals surface area (Å²) in [6.45, 7) is 5.24. The first kappa shape index (κ1) is 15.0. The fraction of sp³-hybridized carbons (Fsp3) is 0.846. The van der Waals surface area contributed by atoms with Crippen LogP contribution < -0.4 is 5.73 Å². The van der Waals surface area contributed by atoms with Gasteiger partial charge in [-0.15, -0.1) is 0 Å². The molecule has 0 unspecified atom stereocenters. The smallest absolute Gasteiger partial charge is 0.308 e. The normalized spacial score (nSPS) is 20.8. The minimum Gasteiger partial charge on any atom is -0.481 e. The highest BCUT2D eigenvalue weighted by molar-refractivity contribution is 5.83. The molecule has 0 aliphatic carbocycles. The van der Waals surface area contributed by atoms with Gasteiger partial charge in [0.05, 0.1) is 11.3 Å². The number of carbonyl (C=O) groups excluding carboxylic acids is 1. The van der Waals surface area contributed by atoms with E-state index in [1.165, 1.54) is 0 Å². The zero-order valence-corrected chi connectivity index (χ0v) is 11.3. The highest BCUT2D eigenvalue weighted by Crippen LogP contribution is 2.30. The van der Waals surface area contributed by atoms with E-state index < -0.39 is 17.3 Å². The van der Waals surface area contributed by atoms with E-state index in [1.54, 1.807) is 4.90 Å². The molecule has 104 valence electrons. The maximum Gasteiger partial charge on any atom is 0.308 e. The molecule has 0 radical (unpaired) electrons. The van der Waals surface area contributed by atoms with Crippen LogP contribution in [-0.4, -0.2) is 41.5 Å². The van der Waals surface area contributed by atoms with Crippen molar-refractivity contribution in [3.63, 3.8) is 0 Å². The Morgan fingerprint density at radius 1 is 1.39 bits per heavy atom. The van der Waals surface area contributed by atoms with Gasteiger partial charge in [-0.25, -0.2) is 0 Å². The molecule has 1 fully saturated rings. The summed E-state index contributed by atoms with van der Waals surface area (Å²) in [5, 5.41) is 9.05. The number of hydrogen-bond donors (Lipinski definition) is 2. The number of rotatable bonds is 5. The molecule has 1 aliphatic heterocycles. The molecule has 1 rings (SSSR count). The van der Waals surface area contributed by atoms with Crippen LogP contribution in [0, 0.1) is 11.3 Å². The van der Waals surface area contributed by atoms with Gasteiger partial charge in [0, 0.05) is 19.6 Å². The standard InChI is InChI=1S/C13H24N2O3/c1-3-13(4-2,9-14)12(18)15-7-5-6-10(8-15)11(16)17/h10H,3-9,14H2,1-2H3,(H,16,17)/t10-/m1/s1. The van der Waals surface area contributed by atoms with E-state index >= 15 is 0 Å². The van der Waals surface area contributed by atoms with E-state index in [0.29, 0.717) is 38.9 Å². The molecule has 5 heteroatoms. The molecule has 0 spiro atoms. The molecule has 0 saturated carbocycles. The van der Waals surface area contributed by atoms with Crippen molar-refractivity contribution in [3.05, 3.63) is 0 Å². The number of nitrogens with two attached hydrogens (primary N) is 1. The van der Waals surface area contributed by atoms with Crippen molar-refractivity contribution in [1.29, 1.82) is 0 Å². The van der Waals surface area contributed by atoms with Crippen molar-refractivity contribution in [2.45, 2.75) is 39.5 Å². The van der Waals surface area contributed by atoms with Gasteiger partial charge in [0.25, 0.3) is 0 Å². The number of likely N-dealkylation sites (tertiary alicyclic amines) is 1. The average molecular weight is 256 g/mol. The van der Waals surface area contributed by atoms with Gasteiger partial charge in [-0.05, 0) is 25.7 Å². The van der Waals surface area contributed by atoms with Crippen LogP contribution in [0.3, 0.4) is 0 Å². The van der Waals surface area contributed by atoms with Gasteiger partial charge in [0.15, 0.2) is 0 Å². The Labute approximate surface area is 108 Å². The van der Waals surface area contributed by atoms with Crippen LogP contribution in [0.15, 0.2) is 0 Å². The van der Waals surface area contributed by atoms with Crippen molar-refractivity contribution in [2.24, 2.45) is 17.1 Å². The number of aliphatic carboxylic acids is 1. The SMILES string of the molecule is CCC(CC)(CN)C(=O)N1CCC[C@@H](C(=O)O)C1. The largest absolute Gasteiger partial charge is 0.481 e. The summed E-state index contributed by atoms with van der Waals surface area (Å²) in [5.74, 6) is -1.20. The number of hydrogen-bond acceptors (Lipinski definition) is 3. The van der Waals surface area contributed by atoms with Crippen LogP contribution in [0.5, 0.6) is 0 Å². The molecule has 5 nitrogen and oxygen atoms in total. The Balaban J connectivity index is 2.79. The third kappa shape index (κ3) is 2.83. The quantitative estimate of drug-likeness (QED) is 0.771. The van der Waals surface area contributed by atoms with Crippen molar-refractivity contribution in [1.82, 2.24) is 4.90 Å². The van der Waals surface area contributed by atoms with Gasteiger partial charge in [-0.3, -0.25) is 9.59 Å². The van der Waals surface area contributed by atoms with Crippen molar-refractivity contribution >= 4 is 11.9 Å². The highest BCUT2D eigenvalue weighted by Gasteiger charge is 2.39. The molecular weight excluding hydrogens is 232 g/mol. The lowest BCUT2D eigenvalue weighted by atomic mass is 9.80. The second-order valence-electron chi connectivity index (χ2n) is 5.12. The fourth-order valence-electron chi connectivity index (χ4n) is 2.63. The van der Waals surface area contributed by atoms with Crippen molar-refractivity contribution in [2.75, 3.05) is 19.6 Å². The molecule has 0 aromatic rings. The third-order valence-electron chi connectivity index (χ3n) is 4.26. The zero-order valence-electron chi connectivity index (χ0n) is 11.3. The lowest BCUT2D eigenvalue weighted by Gasteiger charge is -2.38. The highest BCUT2D eigenvalue weighted by atomic mass is 16.4. The molecule has 1 saturated heterocycles. The monoisotopic (exact) mass is 256 g/mol.